The Hall–Kier alpha value is -1.84. The Morgan fingerprint density at radius 2 is 1.78 bits per heavy atom. The summed E-state index contributed by atoms with van der Waals surface area (Å²) in [6, 6.07) is 6.86. The molecule has 0 amide bonds. The van der Waals surface area contributed by atoms with Crippen molar-refractivity contribution >= 4 is 28.3 Å². The Bertz CT molecular complexity index is 754. The van der Waals surface area contributed by atoms with Gasteiger partial charge in [-0.3, -0.25) is 0 Å². The lowest BCUT2D eigenvalue weighted by atomic mass is 10.2. The van der Waals surface area contributed by atoms with Crippen LogP contribution in [0, 0.1) is 6.92 Å². The summed E-state index contributed by atoms with van der Waals surface area (Å²) in [5, 5.41) is 5.54. The van der Waals surface area contributed by atoms with Crippen LogP contribution in [0.1, 0.15) is 5.56 Å². The van der Waals surface area contributed by atoms with E-state index in [0.29, 0.717) is 31.1 Å². The minimum absolute atomic E-state index is 0. The zero-order valence-electron chi connectivity index (χ0n) is 12.5. The lowest BCUT2D eigenvalue weighted by Crippen LogP contribution is -2.65. The number of aromatic nitrogens is 2. The van der Waals surface area contributed by atoms with Crippen LogP contribution < -0.4 is 9.80 Å². The molecule has 126 valence electrons. The van der Waals surface area contributed by atoms with Crippen LogP contribution in [-0.2, 0) is 10.0 Å². The Kier molecular flexibility index (Phi) is 5.12. The van der Waals surface area contributed by atoms with Crippen LogP contribution in [-0.4, -0.2) is 44.2 Å². The molecule has 3 rings (SSSR count). The van der Waals surface area contributed by atoms with E-state index in [0.717, 1.165) is 5.56 Å². The van der Waals surface area contributed by atoms with Gasteiger partial charge in [-0.2, -0.15) is 9.31 Å². The number of rotatable bonds is 3. The molecule has 1 N–H and O–H groups in total. The first-order valence-electron chi connectivity index (χ1n) is 6.89. The number of nitrogens with one attached hydrogen (secondary N) is 1. The molecule has 10 heteroatoms. The molecule has 8 nitrogen and oxygen atoms in total. The van der Waals surface area contributed by atoms with Crippen LogP contribution >= 0.6 is 12.4 Å². The maximum Gasteiger partial charge on any atom is 0.256 e. The van der Waals surface area contributed by atoms with Crippen molar-refractivity contribution in [2.24, 2.45) is 0 Å². The van der Waals surface area contributed by atoms with Gasteiger partial charge < -0.3 is 10.3 Å². The molecule has 0 radical (unpaired) electrons. The van der Waals surface area contributed by atoms with Gasteiger partial charge in [0.25, 0.3) is 6.20 Å². The lowest BCUT2D eigenvalue weighted by Gasteiger charge is -2.29. The SMILES string of the molecule is Cc1ccc(S(=O)(=O)N2CCN([n+]3cc([NH-])on3)CC2)cc1.Cl. The first-order chi connectivity index (χ1) is 10.5. The van der Waals surface area contributed by atoms with Crippen molar-refractivity contribution in [3.8, 4) is 0 Å². The second kappa shape index (κ2) is 6.73. The third-order valence-electron chi connectivity index (χ3n) is 3.62. The van der Waals surface area contributed by atoms with Crippen LogP contribution in [0.5, 0.6) is 0 Å². The average Bonchev–Trinajstić information content (AvgIpc) is 2.94. The number of piperazine rings is 1. The molecule has 1 aromatic carbocycles. The first-order valence-corrected chi connectivity index (χ1v) is 8.33. The van der Waals surface area contributed by atoms with Gasteiger partial charge in [0.2, 0.25) is 15.3 Å². The van der Waals surface area contributed by atoms with Crippen molar-refractivity contribution in [3.05, 3.63) is 41.8 Å². The molecule has 0 aliphatic carbocycles. The summed E-state index contributed by atoms with van der Waals surface area (Å²) in [4.78, 5) is 1.76. The molecule has 1 aliphatic heterocycles. The third kappa shape index (κ3) is 3.57. The normalized spacial score (nSPS) is 16.1. The third-order valence-corrected chi connectivity index (χ3v) is 5.53. The van der Waals surface area contributed by atoms with Crippen LogP contribution in [0.25, 0.3) is 5.73 Å². The van der Waals surface area contributed by atoms with E-state index in [4.69, 9.17) is 10.3 Å². The largest absolute Gasteiger partial charge is 0.660 e. The maximum atomic E-state index is 12.6. The molecule has 0 spiro atoms. The molecule has 1 aromatic heterocycles. The summed E-state index contributed by atoms with van der Waals surface area (Å²) >= 11 is 0. The zero-order chi connectivity index (χ0) is 15.7. The summed E-state index contributed by atoms with van der Waals surface area (Å²) in [5.74, 6) is -0.0327. The summed E-state index contributed by atoms with van der Waals surface area (Å²) in [7, 11) is -3.46. The Balaban J connectivity index is 0.00000192. The second-order valence-corrected chi connectivity index (χ2v) is 7.10. The number of nitrogens with zero attached hydrogens (tertiary/aromatic N) is 4. The fourth-order valence-electron chi connectivity index (χ4n) is 2.35. The van der Waals surface area contributed by atoms with Gasteiger partial charge in [0.05, 0.1) is 22.8 Å². The highest BCUT2D eigenvalue weighted by Crippen LogP contribution is 2.17. The topological polar surface area (TPSA) is 94.3 Å². The molecular formula is C13H18ClN5O3S. The summed E-state index contributed by atoms with van der Waals surface area (Å²) in [6.45, 7) is 3.63. The molecule has 0 bridgehead atoms. The van der Waals surface area contributed by atoms with Gasteiger partial charge in [-0.25, -0.2) is 8.42 Å². The average molecular weight is 360 g/mol. The van der Waals surface area contributed by atoms with E-state index < -0.39 is 10.0 Å². The molecule has 2 heterocycles. The molecule has 0 atom stereocenters. The monoisotopic (exact) mass is 359 g/mol. The number of aryl methyl sites for hydroxylation is 1. The standard InChI is InChI=1S/C13H17N5O3S.ClH/c1-11-2-4-12(5-3-11)22(19,20)17-8-6-16(7-9-17)18-10-13(14)21-15-18;/h2-5,10,14H,6-9H2,1H3;1H. The fraction of sp³-hybridized carbons (Fsp3) is 0.385. The van der Waals surface area contributed by atoms with Crippen LogP contribution in [0.2, 0.25) is 0 Å². The van der Waals surface area contributed by atoms with Crippen molar-refractivity contribution in [1.29, 1.82) is 0 Å². The van der Waals surface area contributed by atoms with Gasteiger partial charge in [-0.05, 0) is 19.1 Å². The van der Waals surface area contributed by atoms with Crippen molar-refractivity contribution < 1.29 is 17.7 Å². The smallest absolute Gasteiger partial charge is 0.256 e. The van der Waals surface area contributed by atoms with E-state index in [1.165, 1.54) is 15.3 Å². The quantitative estimate of drug-likeness (QED) is 0.762. The molecule has 23 heavy (non-hydrogen) atoms. The maximum absolute atomic E-state index is 12.6. The van der Waals surface area contributed by atoms with E-state index in [2.05, 4.69) is 5.27 Å². The highest BCUT2D eigenvalue weighted by atomic mass is 35.5. The van der Waals surface area contributed by atoms with Crippen molar-refractivity contribution in [2.45, 2.75) is 11.8 Å². The highest BCUT2D eigenvalue weighted by molar-refractivity contribution is 7.89. The molecule has 1 aliphatic rings. The Labute approximate surface area is 140 Å². The van der Waals surface area contributed by atoms with Gasteiger partial charge in [-0.15, -0.1) is 12.4 Å². The Morgan fingerprint density at radius 3 is 2.30 bits per heavy atom. The van der Waals surface area contributed by atoms with Crippen molar-refractivity contribution in [2.75, 3.05) is 31.2 Å². The molecule has 0 saturated carbocycles. The number of halogens is 1. The van der Waals surface area contributed by atoms with E-state index in [-0.39, 0.29) is 18.3 Å². The summed E-state index contributed by atoms with van der Waals surface area (Å²) in [6.07, 6.45) is 1.45. The second-order valence-electron chi connectivity index (χ2n) is 5.16. The van der Waals surface area contributed by atoms with Gasteiger partial charge in [0, 0.05) is 13.1 Å². The van der Waals surface area contributed by atoms with Crippen molar-refractivity contribution in [1.82, 2.24) is 9.58 Å². The molecule has 1 saturated heterocycles. The van der Waals surface area contributed by atoms with E-state index in [1.807, 2.05) is 11.9 Å². The van der Waals surface area contributed by atoms with Crippen LogP contribution in [0.15, 0.2) is 39.9 Å². The molecule has 2 aromatic rings. The lowest BCUT2D eigenvalue weighted by molar-refractivity contribution is -0.759. The first kappa shape index (κ1) is 17.5. The summed E-state index contributed by atoms with van der Waals surface area (Å²) < 4.78 is 31.3. The Morgan fingerprint density at radius 1 is 1.17 bits per heavy atom. The van der Waals surface area contributed by atoms with Gasteiger partial charge in [0.1, 0.15) is 5.88 Å². The number of sulfonamides is 1. The number of hydrogen-bond acceptors (Lipinski definition) is 5. The minimum atomic E-state index is -3.46. The van der Waals surface area contributed by atoms with Gasteiger partial charge in [0.15, 0.2) is 0 Å². The molecular weight excluding hydrogens is 342 g/mol. The summed E-state index contributed by atoms with van der Waals surface area (Å²) in [5.41, 5.74) is 8.35. The predicted octanol–water partition coefficient (Wildman–Crippen LogP) is 1.02. The van der Waals surface area contributed by atoms with Gasteiger partial charge in [-0.1, -0.05) is 17.7 Å². The molecule has 1 fully saturated rings. The van der Waals surface area contributed by atoms with Gasteiger partial charge >= 0.3 is 0 Å². The van der Waals surface area contributed by atoms with Crippen molar-refractivity contribution in [3.63, 3.8) is 0 Å². The minimum Gasteiger partial charge on any atom is -0.660 e. The van der Waals surface area contributed by atoms with E-state index in [1.54, 1.807) is 24.3 Å². The zero-order valence-corrected chi connectivity index (χ0v) is 14.2. The molecule has 0 unspecified atom stereocenters. The van der Waals surface area contributed by atoms with E-state index in [9.17, 15) is 8.42 Å². The van der Waals surface area contributed by atoms with Crippen LogP contribution in [0.4, 0.5) is 5.88 Å². The predicted molar refractivity (Wildman–Crippen MR) is 85.8 cm³/mol. The number of hydrogen-bond donors (Lipinski definition) is 0. The highest BCUT2D eigenvalue weighted by Gasteiger charge is 2.32. The fourth-order valence-corrected chi connectivity index (χ4v) is 3.78. The van der Waals surface area contributed by atoms with Crippen LogP contribution in [0.3, 0.4) is 0 Å². The number of benzene rings is 1. The van der Waals surface area contributed by atoms with E-state index >= 15 is 0 Å².